The Bertz CT molecular complexity index is 2810. The Morgan fingerprint density at radius 3 is 1.80 bits per heavy atom. The maximum atomic E-state index is 2.40. The van der Waals surface area contributed by atoms with Crippen molar-refractivity contribution >= 4 is 49.2 Å². The molecule has 0 spiro atoms. The number of hydrogen-bond acceptors (Lipinski definition) is 0. The molecule has 1 unspecified atom stereocenters. The Morgan fingerprint density at radius 2 is 1.00 bits per heavy atom. The minimum atomic E-state index is 0.658. The van der Waals surface area contributed by atoms with Gasteiger partial charge >= 0.3 is 0 Å². The van der Waals surface area contributed by atoms with E-state index in [4.69, 9.17) is 0 Å². The summed E-state index contributed by atoms with van der Waals surface area (Å²) in [6.45, 7) is 0. The minimum absolute atomic E-state index is 0.658. The predicted molar refractivity (Wildman–Crippen MR) is 214 cm³/mol. The lowest BCUT2D eigenvalue weighted by atomic mass is 9.73. The zero-order valence-corrected chi connectivity index (χ0v) is 27.8. The number of benzene rings is 9. The molecule has 2 aliphatic carbocycles. The Hall–Kier alpha value is -5.98. The zero-order chi connectivity index (χ0) is 32.8. The van der Waals surface area contributed by atoms with E-state index >= 15 is 0 Å². The fraction of sp³-hybridized carbons (Fsp3) is 0.0800. The molecule has 0 heteroatoms. The predicted octanol–water partition coefficient (Wildman–Crippen LogP) is 13.9. The van der Waals surface area contributed by atoms with E-state index in [0.717, 1.165) is 6.42 Å². The molecule has 0 aliphatic heterocycles. The molecule has 0 aromatic heterocycles. The van der Waals surface area contributed by atoms with E-state index in [2.05, 4.69) is 164 Å². The zero-order valence-electron chi connectivity index (χ0n) is 27.8. The van der Waals surface area contributed by atoms with Crippen LogP contribution in [0.4, 0.5) is 0 Å². The van der Waals surface area contributed by atoms with Crippen LogP contribution in [0, 0.1) is 0 Å². The second-order valence-corrected chi connectivity index (χ2v) is 14.3. The van der Waals surface area contributed by atoms with Gasteiger partial charge in [-0.1, -0.05) is 152 Å². The van der Waals surface area contributed by atoms with Crippen molar-refractivity contribution in [3.63, 3.8) is 0 Å². The summed E-state index contributed by atoms with van der Waals surface area (Å²) < 4.78 is 0. The van der Waals surface area contributed by atoms with Crippen LogP contribution in [-0.2, 0) is 6.42 Å². The first kappa shape index (κ1) is 27.9. The molecule has 0 saturated heterocycles. The molecule has 0 amide bonds. The number of allylic oxidation sites excluding steroid dienone is 1. The van der Waals surface area contributed by atoms with Crippen molar-refractivity contribution in [1.29, 1.82) is 0 Å². The number of rotatable bonds is 4. The van der Waals surface area contributed by atoms with Crippen molar-refractivity contribution in [2.24, 2.45) is 0 Å². The number of hydrogen-bond donors (Lipinski definition) is 0. The van der Waals surface area contributed by atoms with Crippen molar-refractivity contribution in [3.8, 4) is 44.5 Å². The largest absolute Gasteiger partial charge is 0.0833 e. The van der Waals surface area contributed by atoms with Crippen molar-refractivity contribution in [1.82, 2.24) is 0 Å². The Labute approximate surface area is 292 Å². The molecule has 1 atom stereocenters. The van der Waals surface area contributed by atoms with Gasteiger partial charge in [0.2, 0.25) is 0 Å². The van der Waals surface area contributed by atoms with Crippen molar-refractivity contribution < 1.29 is 0 Å². The van der Waals surface area contributed by atoms with Crippen molar-refractivity contribution in [3.05, 3.63) is 174 Å². The highest BCUT2D eigenvalue weighted by atomic mass is 14.3. The Kier molecular flexibility index (Phi) is 6.01. The van der Waals surface area contributed by atoms with E-state index in [0.29, 0.717) is 5.92 Å². The molecule has 0 bridgehead atoms. The quantitative estimate of drug-likeness (QED) is 0.169. The van der Waals surface area contributed by atoms with Crippen LogP contribution in [0.15, 0.2) is 158 Å². The van der Waals surface area contributed by atoms with Crippen LogP contribution in [0.2, 0.25) is 0 Å². The minimum Gasteiger partial charge on any atom is -0.0833 e. The van der Waals surface area contributed by atoms with Gasteiger partial charge in [-0.3, -0.25) is 0 Å². The molecule has 9 aromatic rings. The normalized spacial score (nSPS) is 15.1. The van der Waals surface area contributed by atoms with Gasteiger partial charge in [-0.05, 0) is 142 Å². The third kappa shape index (κ3) is 4.18. The van der Waals surface area contributed by atoms with Crippen LogP contribution < -0.4 is 0 Å². The monoisotopic (exact) mass is 634 g/mol. The molecule has 0 saturated carbocycles. The summed E-state index contributed by atoms with van der Waals surface area (Å²) >= 11 is 0. The van der Waals surface area contributed by atoms with E-state index in [-0.39, 0.29) is 0 Å². The third-order valence-corrected chi connectivity index (χ3v) is 11.7. The lowest BCUT2D eigenvalue weighted by Crippen LogP contribution is -2.13. The standard InChI is InChI=1S/C50H34/c1-5-33-17-19-37-21-25-43(45-27-23-35(7-1)47(33)49(37)45)32-15-13-31(14-16-32)39-9-3-10-40(29-39)41-11-4-12-42(30-41)44-26-22-38-20-18-34-6-2-8-36-24-28-46(44)50(38)48(34)36/h1-7,9-23,25-27,29-30,36H,8,24,28H2. The average molecular weight is 635 g/mol. The van der Waals surface area contributed by atoms with E-state index in [9.17, 15) is 0 Å². The van der Waals surface area contributed by atoms with Crippen LogP contribution in [0.3, 0.4) is 0 Å². The molecule has 0 heterocycles. The molecule has 50 heavy (non-hydrogen) atoms. The van der Waals surface area contributed by atoms with E-state index in [1.54, 1.807) is 5.56 Å². The van der Waals surface area contributed by atoms with E-state index < -0.39 is 0 Å². The average Bonchev–Trinajstić information content (AvgIpc) is 3.19. The highest BCUT2D eigenvalue weighted by molar-refractivity contribution is 6.25. The van der Waals surface area contributed by atoms with Crippen LogP contribution in [0.1, 0.15) is 35.4 Å². The molecule has 11 rings (SSSR count). The molecule has 0 nitrogen and oxygen atoms in total. The summed E-state index contributed by atoms with van der Waals surface area (Å²) in [5.74, 6) is 0.658. The molecule has 234 valence electrons. The molecular formula is C50H34. The Morgan fingerprint density at radius 1 is 0.420 bits per heavy atom. The second kappa shape index (κ2) is 10.8. The SMILES string of the molecule is C1=Cc2ccc3ccc(-c4cccc(-c5cccc(-c6ccc(-c7ccc8ccc9cccc%10ccc7c8c9%10)cc6)c5)c4)c4c3c2C(C1)CC4. The second-order valence-electron chi connectivity index (χ2n) is 14.3. The van der Waals surface area contributed by atoms with Gasteiger partial charge in [0.05, 0.1) is 0 Å². The summed E-state index contributed by atoms with van der Waals surface area (Å²) in [4.78, 5) is 0. The van der Waals surface area contributed by atoms with Gasteiger partial charge in [-0.25, -0.2) is 0 Å². The van der Waals surface area contributed by atoms with Gasteiger partial charge in [0.15, 0.2) is 0 Å². The maximum Gasteiger partial charge on any atom is -0.00206 e. The van der Waals surface area contributed by atoms with Gasteiger partial charge in [0, 0.05) is 0 Å². The molecule has 0 radical (unpaired) electrons. The molecule has 0 fully saturated rings. The summed E-state index contributed by atoms with van der Waals surface area (Å²) in [5.41, 5.74) is 14.7. The van der Waals surface area contributed by atoms with Gasteiger partial charge in [0.25, 0.3) is 0 Å². The van der Waals surface area contributed by atoms with E-state index in [1.807, 2.05) is 0 Å². The van der Waals surface area contributed by atoms with Gasteiger partial charge in [-0.2, -0.15) is 0 Å². The summed E-state index contributed by atoms with van der Waals surface area (Å²) in [6, 6.07) is 57.0. The molecule has 9 aromatic carbocycles. The summed E-state index contributed by atoms with van der Waals surface area (Å²) in [5, 5.41) is 10.9. The lowest BCUT2D eigenvalue weighted by Gasteiger charge is -2.30. The Balaban J connectivity index is 0.950. The summed E-state index contributed by atoms with van der Waals surface area (Å²) in [6.07, 6.45) is 8.25. The fourth-order valence-electron chi connectivity index (χ4n) is 9.28. The fourth-order valence-corrected chi connectivity index (χ4v) is 9.28. The highest BCUT2D eigenvalue weighted by Crippen LogP contribution is 2.47. The third-order valence-electron chi connectivity index (χ3n) is 11.7. The maximum absolute atomic E-state index is 2.40. The highest BCUT2D eigenvalue weighted by Gasteiger charge is 2.27. The number of aryl methyl sites for hydroxylation is 1. The smallest absolute Gasteiger partial charge is 0.00206 e. The van der Waals surface area contributed by atoms with E-state index in [1.165, 1.54) is 112 Å². The van der Waals surface area contributed by atoms with Gasteiger partial charge in [0.1, 0.15) is 0 Å². The first-order valence-electron chi connectivity index (χ1n) is 18.0. The van der Waals surface area contributed by atoms with Crippen molar-refractivity contribution in [2.45, 2.75) is 25.2 Å². The lowest BCUT2D eigenvalue weighted by molar-refractivity contribution is 0.620. The van der Waals surface area contributed by atoms with Gasteiger partial charge < -0.3 is 0 Å². The molecular weight excluding hydrogens is 601 g/mol. The van der Waals surface area contributed by atoms with Crippen LogP contribution in [0.25, 0.3) is 93.7 Å². The molecule has 2 aliphatic rings. The van der Waals surface area contributed by atoms with Crippen LogP contribution in [0.5, 0.6) is 0 Å². The van der Waals surface area contributed by atoms with Crippen LogP contribution in [-0.4, -0.2) is 0 Å². The summed E-state index contributed by atoms with van der Waals surface area (Å²) in [7, 11) is 0. The molecule has 0 N–H and O–H groups in total. The van der Waals surface area contributed by atoms with Crippen molar-refractivity contribution in [2.75, 3.05) is 0 Å². The first-order valence-corrected chi connectivity index (χ1v) is 18.0. The van der Waals surface area contributed by atoms with Crippen LogP contribution >= 0.6 is 0 Å². The topological polar surface area (TPSA) is 0 Å². The first-order chi connectivity index (χ1) is 24.8. The van der Waals surface area contributed by atoms with Gasteiger partial charge in [-0.15, -0.1) is 0 Å².